The third-order valence-electron chi connectivity index (χ3n) is 1.96. The van der Waals surface area contributed by atoms with Gasteiger partial charge in [-0.05, 0) is 36.8 Å². The summed E-state index contributed by atoms with van der Waals surface area (Å²) in [7, 11) is 0. The van der Waals surface area contributed by atoms with E-state index in [1.807, 2.05) is 19.1 Å². The second-order valence-electron chi connectivity index (χ2n) is 3.06. The number of pyridine rings is 2. The Hall–Kier alpha value is -1.77. The van der Waals surface area contributed by atoms with Crippen molar-refractivity contribution < 1.29 is 4.39 Å². The Morgan fingerprint density at radius 1 is 1.07 bits per heavy atom. The molecule has 0 amide bonds. The van der Waals surface area contributed by atoms with Crippen LogP contribution in [0.5, 0.6) is 0 Å². The predicted molar refractivity (Wildman–Crippen MR) is 52.2 cm³/mol. The van der Waals surface area contributed by atoms with Gasteiger partial charge in [-0.2, -0.15) is 4.39 Å². The van der Waals surface area contributed by atoms with Crippen molar-refractivity contribution in [1.29, 1.82) is 0 Å². The fraction of sp³-hybridized carbons (Fsp3) is 0.0909. The van der Waals surface area contributed by atoms with Crippen molar-refractivity contribution in [1.82, 2.24) is 9.97 Å². The first-order valence-electron chi connectivity index (χ1n) is 4.30. The van der Waals surface area contributed by atoms with Gasteiger partial charge in [0, 0.05) is 23.7 Å². The van der Waals surface area contributed by atoms with E-state index in [1.165, 1.54) is 12.3 Å². The van der Waals surface area contributed by atoms with Gasteiger partial charge in [0.05, 0.1) is 0 Å². The molecular formula is C11H9FN2. The molecule has 0 radical (unpaired) electrons. The lowest BCUT2D eigenvalue weighted by Gasteiger charge is -2.00. The maximum absolute atomic E-state index is 12.6. The summed E-state index contributed by atoms with van der Waals surface area (Å²) in [6.07, 6.45) is 3.25. The lowest BCUT2D eigenvalue weighted by Crippen LogP contribution is -1.85. The summed E-state index contributed by atoms with van der Waals surface area (Å²) in [5.41, 5.74) is 2.84. The highest BCUT2D eigenvalue weighted by atomic mass is 19.1. The lowest BCUT2D eigenvalue weighted by atomic mass is 10.1. The number of nitrogens with zero attached hydrogens (tertiary/aromatic N) is 2. The molecule has 2 rings (SSSR count). The van der Waals surface area contributed by atoms with Gasteiger partial charge in [0.25, 0.3) is 0 Å². The molecule has 0 atom stereocenters. The standard InChI is InChI=1S/C11H9FN2/c1-8-6-9(4-5-13-8)10-2-3-11(12)14-7-10/h2-7H,1H3. The topological polar surface area (TPSA) is 25.8 Å². The molecule has 14 heavy (non-hydrogen) atoms. The van der Waals surface area contributed by atoms with Crippen molar-refractivity contribution in [2.75, 3.05) is 0 Å². The SMILES string of the molecule is Cc1cc(-c2ccc(F)nc2)ccn1. The van der Waals surface area contributed by atoms with E-state index in [0.29, 0.717) is 0 Å². The van der Waals surface area contributed by atoms with Crippen molar-refractivity contribution >= 4 is 0 Å². The molecule has 0 aromatic carbocycles. The number of hydrogen-bond donors (Lipinski definition) is 0. The highest BCUT2D eigenvalue weighted by Gasteiger charge is 1.98. The molecule has 0 saturated heterocycles. The molecule has 2 heterocycles. The molecule has 2 nitrogen and oxygen atoms in total. The quantitative estimate of drug-likeness (QED) is 0.643. The lowest BCUT2D eigenvalue weighted by molar-refractivity contribution is 0.584. The Morgan fingerprint density at radius 2 is 1.93 bits per heavy atom. The molecule has 2 aromatic heterocycles. The first-order chi connectivity index (χ1) is 6.75. The molecule has 3 heteroatoms. The monoisotopic (exact) mass is 188 g/mol. The summed E-state index contributed by atoms with van der Waals surface area (Å²) in [5.74, 6) is -0.459. The fourth-order valence-electron chi connectivity index (χ4n) is 1.27. The minimum atomic E-state index is -0.459. The number of hydrogen-bond acceptors (Lipinski definition) is 2. The van der Waals surface area contributed by atoms with E-state index in [-0.39, 0.29) is 0 Å². The van der Waals surface area contributed by atoms with E-state index < -0.39 is 5.95 Å². The van der Waals surface area contributed by atoms with Gasteiger partial charge >= 0.3 is 0 Å². The molecule has 0 unspecified atom stereocenters. The average Bonchev–Trinajstić information content (AvgIpc) is 2.19. The minimum absolute atomic E-state index is 0.459. The van der Waals surface area contributed by atoms with Crippen LogP contribution in [-0.4, -0.2) is 9.97 Å². The van der Waals surface area contributed by atoms with Crippen LogP contribution < -0.4 is 0 Å². The Kier molecular flexibility index (Phi) is 2.23. The van der Waals surface area contributed by atoms with Gasteiger partial charge < -0.3 is 0 Å². The van der Waals surface area contributed by atoms with E-state index in [0.717, 1.165) is 16.8 Å². The van der Waals surface area contributed by atoms with Crippen LogP contribution in [0.25, 0.3) is 11.1 Å². The summed E-state index contributed by atoms with van der Waals surface area (Å²) in [4.78, 5) is 7.69. The fourth-order valence-corrected chi connectivity index (χ4v) is 1.27. The smallest absolute Gasteiger partial charge is 0.212 e. The van der Waals surface area contributed by atoms with Crippen LogP contribution >= 0.6 is 0 Å². The zero-order valence-electron chi connectivity index (χ0n) is 7.74. The first-order valence-corrected chi connectivity index (χ1v) is 4.30. The van der Waals surface area contributed by atoms with Crippen LogP contribution in [0.2, 0.25) is 0 Å². The number of rotatable bonds is 1. The summed E-state index contributed by atoms with van der Waals surface area (Å²) in [5, 5.41) is 0. The van der Waals surface area contributed by atoms with Crippen molar-refractivity contribution in [3.8, 4) is 11.1 Å². The van der Waals surface area contributed by atoms with E-state index in [2.05, 4.69) is 9.97 Å². The van der Waals surface area contributed by atoms with Gasteiger partial charge in [0.15, 0.2) is 0 Å². The van der Waals surface area contributed by atoms with Crippen LogP contribution in [0.4, 0.5) is 4.39 Å². The number of aromatic nitrogens is 2. The molecular weight excluding hydrogens is 179 g/mol. The molecule has 0 aliphatic rings. The maximum Gasteiger partial charge on any atom is 0.212 e. The zero-order chi connectivity index (χ0) is 9.97. The number of aryl methyl sites for hydroxylation is 1. The molecule has 2 aromatic rings. The van der Waals surface area contributed by atoms with Crippen LogP contribution in [-0.2, 0) is 0 Å². The van der Waals surface area contributed by atoms with Crippen LogP contribution in [0.3, 0.4) is 0 Å². The Balaban J connectivity index is 2.44. The third-order valence-corrected chi connectivity index (χ3v) is 1.96. The van der Waals surface area contributed by atoms with E-state index in [1.54, 1.807) is 12.3 Å². The predicted octanol–water partition coefficient (Wildman–Crippen LogP) is 2.59. The van der Waals surface area contributed by atoms with Gasteiger partial charge in [-0.3, -0.25) is 4.98 Å². The van der Waals surface area contributed by atoms with Crippen molar-refractivity contribution in [3.63, 3.8) is 0 Å². The second kappa shape index (κ2) is 3.54. The summed E-state index contributed by atoms with van der Waals surface area (Å²) < 4.78 is 12.6. The molecule has 0 aliphatic heterocycles. The van der Waals surface area contributed by atoms with Crippen LogP contribution in [0.15, 0.2) is 36.7 Å². The zero-order valence-corrected chi connectivity index (χ0v) is 7.74. The molecule has 0 N–H and O–H groups in total. The van der Waals surface area contributed by atoms with Crippen molar-refractivity contribution in [3.05, 3.63) is 48.3 Å². The normalized spacial score (nSPS) is 10.1. The Labute approximate surface area is 81.5 Å². The third kappa shape index (κ3) is 1.76. The van der Waals surface area contributed by atoms with Gasteiger partial charge in [0.2, 0.25) is 5.95 Å². The van der Waals surface area contributed by atoms with Crippen molar-refractivity contribution in [2.24, 2.45) is 0 Å². The molecule has 0 bridgehead atoms. The summed E-state index contributed by atoms with van der Waals surface area (Å²) in [6.45, 7) is 1.92. The van der Waals surface area contributed by atoms with E-state index in [4.69, 9.17) is 0 Å². The van der Waals surface area contributed by atoms with E-state index >= 15 is 0 Å². The molecule has 0 aliphatic carbocycles. The van der Waals surface area contributed by atoms with Gasteiger partial charge in [-0.1, -0.05) is 0 Å². The minimum Gasteiger partial charge on any atom is -0.262 e. The van der Waals surface area contributed by atoms with Crippen LogP contribution in [0.1, 0.15) is 5.69 Å². The van der Waals surface area contributed by atoms with E-state index in [9.17, 15) is 4.39 Å². The molecule has 0 saturated carbocycles. The van der Waals surface area contributed by atoms with Gasteiger partial charge in [-0.15, -0.1) is 0 Å². The average molecular weight is 188 g/mol. The summed E-state index contributed by atoms with van der Waals surface area (Å²) in [6, 6.07) is 6.87. The number of halogens is 1. The largest absolute Gasteiger partial charge is 0.262 e. The molecule has 0 spiro atoms. The molecule has 0 fully saturated rings. The molecule has 70 valence electrons. The van der Waals surface area contributed by atoms with Gasteiger partial charge in [-0.25, -0.2) is 4.98 Å². The van der Waals surface area contributed by atoms with Crippen molar-refractivity contribution in [2.45, 2.75) is 6.92 Å². The van der Waals surface area contributed by atoms with Crippen LogP contribution in [0, 0.1) is 12.9 Å². The highest BCUT2D eigenvalue weighted by Crippen LogP contribution is 2.17. The highest BCUT2D eigenvalue weighted by molar-refractivity contribution is 5.61. The maximum atomic E-state index is 12.6. The summed E-state index contributed by atoms with van der Waals surface area (Å²) >= 11 is 0. The second-order valence-corrected chi connectivity index (χ2v) is 3.06. The Morgan fingerprint density at radius 3 is 2.57 bits per heavy atom. The first kappa shape index (κ1) is 8.81. The Bertz CT molecular complexity index is 437. The van der Waals surface area contributed by atoms with Gasteiger partial charge in [0.1, 0.15) is 0 Å².